The molecule has 118 valence electrons. The summed E-state index contributed by atoms with van der Waals surface area (Å²) in [5.74, 6) is -0.491. The molecule has 3 aromatic rings. The summed E-state index contributed by atoms with van der Waals surface area (Å²) >= 11 is 1.49. The van der Waals surface area contributed by atoms with Gasteiger partial charge in [0.05, 0.1) is 11.8 Å². The number of nitrogens with zero attached hydrogens (tertiary/aromatic N) is 3. The van der Waals surface area contributed by atoms with E-state index < -0.39 is 5.97 Å². The van der Waals surface area contributed by atoms with Crippen molar-refractivity contribution in [1.82, 2.24) is 14.5 Å². The quantitative estimate of drug-likeness (QED) is 0.777. The highest BCUT2D eigenvalue weighted by molar-refractivity contribution is 7.18. The number of carboxylic acid groups (broad SMARTS) is 1. The molecule has 0 amide bonds. The first-order valence-corrected chi connectivity index (χ1v) is 8.07. The topological polar surface area (TPSA) is 85.1 Å². The van der Waals surface area contributed by atoms with Crippen LogP contribution < -0.4 is 5.56 Å². The Morgan fingerprint density at radius 2 is 2.26 bits per heavy atom. The highest BCUT2D eigenvalue weighted by atomic mass is 32.1. The molecule has 23 heavy (non-hydrogen) atoms. The molecule has 0 bridgehead atoms. The van der Waals surface area contributed by atoms with Crippen LogP contribution in [0, 0.1) is 0 Å². The fourth-order valence-corrected chi connectivity index (χ4v) is 3.33. The average Bonchev–Trinajstić information content (AvgIpc) is 2.98. The molecule has 0 atom stereocenters. The van der Waals surface area contributed by atoms with Crippen molar-refractivity contribution in [3.63, 3.8) is 0 Å². The van der Waals surface area contributed by atoms with Crippen molar-refractivity contribution in [2.45, 2.75) is 26.3 Å². The molecule has 0 aromatic carbocycles. The lowest BCUT2D eigenvalue weighted by molar-refractivity contribution is -0.137. The van der Waals surface area contributed by atoms with E-state index in [1.54, 1.807) is 18.5 Å². The first kappa shape index (κ1) is 15.4. The van der Waals surface area contributed by atoms with Gasteiger partial charge in [0.15, 0.2) is 0 Å². The van der Waals surface area contributed by atoms with Gasteiger partial charge in [-0.25, -0.2) is 4.98 Å². The molecule has 1 N–H and O–H groups in total. The third-order valence-electron chi connectivity index (χ3n) is 3.52. The molecule has 0 fully saturated rings. The number of hydrogen-bond acceptors (Lipinski definition) is 5. The second kappa shape index (κ2) is 6.29. The van der Waals surface area contributed by atoms with Crippen LogP contribution in [0.25, 0.3) is 21.6 Å². The van der Waals surface area contributed by atoms with Crippen molar-refractivity contribution in [3.05, 3.63) is 45.8 Å². The number of aliphatic carboxylic acids is 1. The average molecular weight is 329 g/mol. The third kappa shape index (κ3) is 3.00. The SMILES string of the molecule is CCc1cc2c(=O)n(CCC(=O)O)c(-c3cccnc3)nc2s1. The number of fused-ring (bicyclic) bond motifs is 1. The zero-order chi connectivity index (χ0) is 16.4. The molecule has 3 rings (SSSR count). The zero-order valence-electron chi connectivity index (χ0n) is 12.5. The molecule has 0 aliphatic carbocycles. The highest BCUT2D eigenvalue weighted by Gasteiger charge is 2.16. The first-order valence-electron chi connectivity index (χ1n) is 7.25. The van der Waals surface area contributed by atoms with Crippen LogP contribution in [-0.2, 0) is 17.8 Å². The minimum absolute atomic E-state index is 0.0820. The minimum Gasteiger partial charge on any atom is -0.481 e. The molecule has 3 heterocycles. The molecule has 0 radical (unpaired) electrons. The normalized spacial score (nSPS) is 11.0. The summed E-state index contributed by atoms with van der Waals surface area (Å²) in [6, 6.07) is 5.42. The van der Waals surface area contributed by atoms with Gasteiger partial charge in [-0.3, -0.25) is 19.1 Å². The molecule has 7 heteroatoms. The van der Waals surface area contributed by atoms with E-state index in [-0.39, 0.29) is 18.5 Å². The number of rotatable bonds is 5. The van der Waals surface area contributed by atoms with E-state index in [0.717, 1.165) is 11.3 Å². The van der Waals surface area contributed by atoms with Gasteiger partial charge in [0, 0.05) is 29.4 Å². The van der Waals surface area contributed by atoms with Crippen LogP contribution in [0.2, 0.25) is 0 Å². The van der Waals surface area contributed by atoms with Gasteiger partial charge in [-0.05, 0) is 24.6 Å². The van der Waals surface area contributed by atoms with Crippen LogP contribution in [0.5, 0.6) is 0 Å². The molecule has 0 aliphatic heterocycles. The first-order chi connectivity index (χ1) is 11.1. The van der Waals surface area contributed by atoms with Crippen LogP contribution in [-0.4, -0.2) is 25.6 Å². The molecular formula is C16H15N3O3S. The van der Waals surface area contributed by atoms with E-state index in [1.807, 2.05) is 19.1 Å². The van der Waals surface area contributed by atoms with Gasteiger partial charge >= 0.3 is 5.97 Å². The summed E-state index contributed by atoms with van der Waals surface area (Å²) in [5.41, 5.74) is 0.495. The zero-order valence-corrected chi connectivity index (χ0v) is 13.3. The largest absolute Gasteiger partial charge is 0.481 e. The number of aryl methyl sites for hydroxylation is 1. The third-order valence-corrected chi connectivity index (χ3v) is 4.69. The molecule has 0 aliphatic rings. The van der Waals surface area contributed by atoms with Crippen molar-refractivity contribution < 1.29 is 9.90 Å². The highest BCUT2D eigenvalue weighted by Crippen LogP contribution is 2.25. The summed E-state index contributed by atoms with van der Waals surface area (Å²) < 4.78 is 1.43. The van der Waals surface area contributed by atoms with Crippen LogP contribution in [0.3, 0.4) is 0 Å². The smallest absolute Gasteiger partial charge is 0.305 e. The summed E-state index contributed by atoms with van der Waals surface area (Å²) in [4.78, 5) is 34.1. The lowest BCUT2D eigenvalue weighted by Crippen LogP contribution is -2.24. The second-order valence-corrected chi connectivity index (χ2v) is 6.18. The predicted molar refractivity (Wildman–Crippen MR) is 88.7 cm³/mol. The Morgan fingerprint density at radius 1 is 1.43 bits per heavy atom. The number of carboxylic acids is 1. The van der Waals surface area contributed by atoms with E-state index in [1.165, 1.54) is 15.9 Å². The van der Waals surface area contributed by atoms with Crippen LogP contribution in [0.1, 0.15) is 18.2 Å². The maximum atomic E-state index is 12.8. The van der Waals surface area contributed by atoms with Gasteiger partial charge in [-0.2, -0.15) is 0 Å². The Balaban J connectivity index is 2.24. The maximum absolute atomic E-state index is 12.8. The van der Waals surface area contributed by atoms with Gasteiger partial charge in [0.2, 0.25) is 0 Å². The molecule has 0 saturated carbocycles. The predicted octanol–water partition coefficient (Wildman–Crippen LogP) is 2.56. The molecule has 3 aromatic heterocycles. The fraction of sp³-hybridized carbons (Fsp3) is 0.250. The molecule has 0 spiro atoms. The lowest BCUT2D eigenvalue weighted by Gasteiger charge is -2.11. The van der Waals surface area contributed by atoms with Gasteiger partial charge in [-0.1, -0.05) is 6.92 Å². The summed E-state index contributed by atoms with van der Waals surface area (Å²) in [5, 5.41) is 9.48. The Morgan fingerprint density at radius 3 is 2.91 bits per heavy atom. The maximum Gasteiger partial charge on any atom is 0.305 e. The van der Waals surface area contributed by atoms with Crippen molar-refractivity contribution in [2.24, 2.45) is 0 Å². The van der Waals surface area contributed by atoms with Gasteiger partial charge in [-0.15, -0.1) is 11.3 Å². The van der Waals surface area contributed by atoms with E-state index in [9.17, 15) is 9.59 Å². The van der Waals surface area contributed by atoms with E-state index in [4.69, 9.17) is 5.11 Å². The van der Waals surface area contributed by atoms with Crippen molar-refractivity contribution in [3.8, 4) is 11.4 Å². The molecular weight excluding hydrogens is 314 g/mol. The second-order valence-electron chi connectivity index (χ2n) is 5.06. The summed E-state index contributed by atoms with van der Waals surface area (Å²) in [7, 11) is 0. The van der Waals surface area contributed by atoms with Gasteiger partial charge in [0.1, 0.15) is 10.7 Å². The standard InChI is InChI=1S/C16H15N3O3S/c1-2-11-8-12-15(23-11)18-14(10-4-3-6-17-9-10)19(16(12)22)7-5-13(20)21/h3-4,6,8-9H,2,5,7H2,1H3,(H,20,21). The van der Waals surface area contributed by atoms with Crippen molar-refractivity contribution in [2.75, 3.05) is 0 Å². The summed E-state index contributed by atoms with van der Waals surface area (Å²) in [6.07, 6.45) is 3.96. The molecule has 0 unspecified atom stereocenters. The van der Waals surface area contributed by atoms with Crippen LogP contribution in [0.4, 0.5) is 0 Å². The Kier molecular flexibility index (Phi) is 4.20. The minimum atomic E-state index is -0.950. The van der Waals surface area contributed by atoms with Crippen molar-refractivity contribution >= 4 is 27.5 Å². The summed E-state index contributed by atoms with van der Waals surface area (Å²) in [6.45, 7) is 2.11. The van der Waals surface area contributed by atoms with Gasteiger partial charge < -0.3 is 5.11 Å². The van der Waals surface area contributed by atoms with Crippen molar-refractivity contribution in [1.29, 1.82) is 0 Å². The number of aromatic nitrogens is 3. The van der Waals surface area contributed by atoms with Crippen LogP contribution >= 0.6 is 11.3 Å². The van der Waals surface area contributed by atoms with E-state index >= 15 is 0 Å². The Labute approximate surface area is 136 Å². The van der Waals surface area contributed by atoms with E-state index in [0.29, 0.717) is 21.6 Å². The van der Waals surface area contributed by atoms with E-state index in [2.05, 4.69) is 9.97 Å². The number of pyridine rings is 1. The Hall–Kier alpha value is -2.54. The lowest BCUT2D eigenvalue weighted by atomic mass is 10.2. The number of carbonyl (C=O) groups is 1. The van der Waals surface area contributed by atoms with Crippen LogP contribution in [0.15, 0.2) is 35.4 Å². The molecule has 6 nitrogen and oxygen atoms in total. The van der Waals surface area contributed by atoms with Gasteiger partial charge in [0.25, 0.3) is 5.56 Å². The Bertz CT molecular complexity index is 915. The monoisotopic (exact) mass is 329 g/mol. The number of hydrogen-bond donors (Lipinski definition) is 1. The molecule has 0 saturated heterocycles. The number of thiophene rings is 1. The fourth-order valence-electron chi connectivity index (χ4n) is 2.37.